The number of nitrogens with two attached hydrogens (primary N) is 2. The molecule has 21 N–H and O–H groups in total. The molecule has 2 aliphatic heterocycles. The number of H-pyrrole nitrogens is 3. The maximum Gasteiger partial charge on any atom is 0.248 e. The highest BCUT2D eigenvalue weighted by Crippen LogP contribution is 2.27. The normalized spacial score (nSPS) is 23.9. The minimum absolute atomic E-state index is 0.00340. The molecule has 1 unspecified atom stereocenters. The number of nitrogens with one attached hydrogen (secondary N) is 15. The van der Waals surface area contributed by atoms with Gasteiger partial charge in [0.15, 0.2) is 5.96 Å². The van der Waals surface area contributed by atoms with E-state index in [0.717, 1.165) is 21.6 Å². The number of aliphatic hydroxyl groups is 2. The lowest BCUT2D eigenvalue weighted by Crippen LogP contribution is -2.61. The van der Waals surface area contributed by atoms with Crippen LogP contribution in [0.2, 0.25) is 0 Å². The van der Waals surface area contributed by atoms with Crippen LogP contribution in [-0.4, -0.2) is 313 Å². The molecule has 14 atom stereocenters. The average molecular weight is 1850 g/mol. The number of thioether (sulfide) groups is 1. The Hall–Kier alpha value is -13.0. The second-order valence-corrected chi connectivity index (χ2v) is 35.0. The number of imidazole rings is 1. The molecule has 0 aliphatic carbocycles. The molecule has 132 heavy (non-hydrogen) atoms. The van der Waals surface area contributed by atoms with Gasteiger partial charge in [-0.15, -0.1) is 11.8 Å². The number of guanidine groups is 1. The monoisotopic (exact) mass is 1850 g/mol. The highest BCUT2D eigenvalue weighted by Gasteiger charge is 2.44. The number of aromatic nitrogens is 4. The molecule has 6 aromatic rings. The van der Waals surface area contributed by atoms with E-state index in [0.29, 0.717) is 70.6 Å². The number of primary amides is 1. The molecule has 2 saturated heterocycles. The van der Waals surface area contributed by atoms with Crippen LogP contribution < -0.4 is 70.0 Å². The zero-order valence-corrected chi connectivity index (χ0v) is 77.2. The van der Waals surface area contributed by atoms with Crippen molar-refractivity contribution in [3.63, 3.8) is 0 Å². The standard InChI is InChI=1S/C90H129N23O18S/c1-11-13-16-33-72-88(130)111(9)70(32-14-12-2)84(126)103-62(31-23-35-95-90(92)93)80(122)107-69(79(121)99-45-73(91)116)48-132-49-75(118)102-65(38-54-25-17-15-18-26-54)86(128)110(8)52(5)77(119)108-76(53(6)115)89(131)113-36-24-34-71(113)83(125)98-43-59(67-44-94-50-100-67)78(120)104-64(37-51(3)4)85(127)109(7)46-74(117)101-63(39-55-41-96-60-29-21-19-27-57(55)60)81(123)106-68(47-114)82(124)105-66(87(129)112(72)10)40-56-42-97-61-30-22-20-28-58(56)61/h15,17-22,25-30,41-42,44,50-53,59,62-66,68-72,76,96-97,114-115H,11-14,16,23-24,31-40,43,45-49H2,1-10H3,(H2,91,116)(H,94,100)(H,98,125)(H,99,121)(H,101,117)(H,102,118)(H,103,126)(H,104,120)(H,105,124)(H,106,123)(H,107,122)(H,108,119)(H4,92,93,95)/t52-,53+,59?,62-,63-,64-,65-,66-,68-,69-,70-,71-,72-,76-/m0/s1. The van der Waals surface area contributed by atoms with E-state index >= 15 is 24.0 Å². The number of fused-ring (bicyclic) bond motifs is 3. The van der Waals surface area contributed by atoms with Gasteiger partial charge in [0.25, 0.3) is 0 Å². The van der Waals surface area contributed by atoms with Gasteiger partial charge in [-0.05, 0) is 93.5 Å². The summed E-state index contributed by atoms with van der Waals surface area (Å²) in [6, 6.07) is 4.95. The van der Waals surface area contributed by atoms with Crippen molar-refractivity contribution in [2.45, 2.75) is 222 Å². The lowest BCUT2D eigenvalue weighted by Gasteiger charge is -2.36. The van der Waals surface area contributed by atoms with E-state index in [9.17, 15) is 63.0 Å². The molecule has 5 heterocycles. The maximum absolute atomic E-state index is 15.8. The fourth-order valence-corrected chi connectivity index (χ4v) is 16.8. The summed E-state index contributed by atoms with van der Waals surface area (Å²) < 4.78 is 0. The topological polar surface area (TPSA) is 598 Å². The molecule has 42 heteroatoms. The van der Waals surface area contributed by atoms with Crippen LogP contribution in [0.1, 0.15) is 147 Å². The van der Waals surface area contributed by atoms with E-state index in [2.05, 4.69) is 78.4 Å². The number of carbonyl (C=O) groups is 16. The molecule has 0 radical (unpaired) electrons. The van der Waals surface area contributed by atoms with Gasteiger partial charge in [0, 0.05) is 119 Å². The van der Waals surface area contributed by atoms with Crippen LogP contribution >= 0.6 is 11.8 Å². The number of likely N-dealkylation sites (N-methyl/N-ethyl adjacent to an activating group) is 4. The van der Waals surface area contributed by atoms with Crippen molar-refractivity contribution in [2.75, 3.05) is 79.0 Å². The van der Waals surface area contributed by atoms with Gasteiger partial charge in [-0.25, -0.2) is 4.98 Å². The molecule has 16 amide bonds. The SMILES string of the molecule is CCCCC[C@H]1C(=O)N(C)[C@@H](CCCC)C(=O)N[C@@H](CCCNC(=N)N)C(=O)N[C@H](C(=O)NCC(N)=O)CSCC(=O)N[C@@H](Cc2ccccc2)C(=O)N(C)[C@@H](C)C(=O)N[C@@H]([C@@H](C)O)C(=O)N2CCC[C@H]2C(=O)NCC(c2cnc[nH]2)C(=O)N[C@@H](CC(C)C)C(=O)N(C)CC(=O)N[C@@H](Cc2c[nH]c3ccccc23)C(=O)N[C@@H](CO)C(=O)N[C@@H](Cc2c[nH]c3ccccc23)C(=O)N1C. The molecule has 8 rings (SSSR count). The Morgan fingerprint density at radius 3 is 1.77 bits per heavy atom. The van der Waals surface area contributed by atoms with Gasteiger partial charge in [-0.1, -0.05) is 127 Å². The highest BCUT2D eigenvalue weighted by molar-refractivity contribution is 8.00. The number of unbranched alkanes of at least 4 members (excludes halogenated alkanes) is 3. The summed E-state index contributed by atoms with van der Waals surface area (Å²) in [5.41, 5.74) is 14.2. The number of para-hydroxylation sites is 2. The van der Waals surface area contributed by atoms with Gasteiger partial charge in [0.2, 0.25) is 94.5 Å². The van der Waals surface area contributed by atoms with Crippen molar-refractivity contribution < 1.29 is 86.9 Å². The number of amides is 16. The number of benzene rings is 3. The Balaban J connectivity index is 1.17. The Bertz CT molecular complexity index is 4990. The largest absolute Gasteiger partial charge is 0.394 e. The third kappa shape index (κ3) is 29.8. The minimum atomic E-state index is -1.84. The molecular weight excluding hydrogens is 1720 g/mol. The van der Waals surface area contributed by atoms with Gasteiger partial charge in [-0.3, -0.25) is 82.1 Å². The molecular formula is C90H129N23O18S. The maximum atomic E-state index is 15.8. The van der Waals surface area contributed by atoms with E-state index in [4.69, 9.17) is 16.9 Å². The van der Waals surface area contributed by atoms with Gasteiger partial charge in [0.05, 0.1) is 43.8 Å². The molecule has 0 bridgehead atoms. The Morgan fingerprint density at radius 1 is 0.576 bits per heavy atom. The zero-order chi connectivity index (χ0) is 96.6. The number of carbonyl (C=O) groups excluding carboxylic acids is 16. The number of nitrogens with zero attached hydrogens (tertiary/aromatic N) is 6. The molecule has 3 aromatic heterocycles. The summed E-state index contributed by atoms with van der Waals surface area (Å²) >= 11 is 0.811. The predicted octanol–water partition coefficient (Wildman–Crippen LogP) is -1.07. The first-order valence-electron chi connectivity index (χ1n) is 44.6. The summed E-state index contributed by atoms with van der Waals surface area (Å²) in [5, 5.41) is 60.9. The first kappa shape index (κ1) is 104. The van der Waals surface area contributed by atoms with E-state index < -0.39 is 223 Å². The predicted molar refractivity (Wildman–Crippen MR) is 492 cm³/mol. The highest BCUT2D eigenvalue weighted by atomic mass is 32.2. The number of aliphatic hydroxyl groups excluding tert-OH is 2. The van der Waals surface area contributed by atoms with Crippen LogP contribution in [-0.2, 0) is 96.0 Å². The molecule has 0 saturated carbocycles. The fraction of sp³-hybridized carbons (Fsp3) is 0.533. The number of hydrogen-bond acceptors (Lipinski definition) is 21. The molecule has 2 fully saturated rings. The summed E-state index contributed by atoms with van der Waals surface area (Å²) in [5.74, 6) is -16.7. The van der Waals surface area contributed by atoms with Crippen LogP contribution in [0.15, 0.2) is 104 Å². The van der Waals surface area contributed by atoms with Crippen LogP contribution in [0, 0.1) is 11.3 Å². The van der Waals surface area contributed by atoms with Crippen LogP contribution in [0.5, 0.6) is 0 Å². The quantitative estimate of drug-likeness (QED) is 0.0184. The summed E-state index contributed by atoms with van der Waals surface area (Å²) in [6.07, 6.45) is 6.47. The smallest absolute Gasteiger partial charge is 0.248 e. The van der Waals surface area contributed by atoms with Crippen molar-refractivity contribution in [1.29, 1.82) is 5.41 Å². The van der Waals surface area contributed by atoms with Crippen molar-refractivity contribution in [3.05, 3.63) is 126 Å². The van der Waals surface area contributed by atoms with Crippen LogP contribution in [0.4, 0.5) is 0 Å². The number of hydrogen-bond donors (Lipinski definition) is 19. The first-order chi connectivity index (χ1) is 62.9. The third-order valence-corrected chi connectivity index (χ3v) is 24.5. The lowest BCUT2D eigenvalue weighted by molar-refractivity contribution is -0.149. The van der Waals surface area contributed by atoms with Gasteiger partial charge < -0.3 is 120 Å². The van der Waals surface area contributed by atoms with E-state index in [1.54, 1.807) is 105 Å². The van der Waals surface area contributed by atoms with Crippen molar-refractivity contribution in [2.24, 2.45) is 17.4 Å². The zero-order valence-electron chi connectivity index (χ0n) is 76.4. The van der Waals surface area contributed by atoms with Gasteiger partial charge >= 0.3 is 0 Å². The lowest BCUT2D eigenvalue weighted by atomic mass is 9.99. The van der Waals surface area contributed by atoms with Crippen LogP contribution in [0.3, 0.4) is 0 Å². The van der Waals surface area contributed by atoms with E-state index in [1.165, 1.54) is 69.3 Å². The van der Waals surface area contributed by atoms with Crippen molar-refractivity contribution in [1.82, 2.24) is 103 Å². The molecule has 3 aromatic carbocycles. The third-order valence-electron chi connectivity index (χ3n) is 23.5. The Labute approximate surface area is 770 Å². The number of rotatable bonds is 25. The fourth-order valence-electron chi connectivity index (χ4n) is 16.0. The van der Waals surface area contributed by atoms with Crippen molar-refractivity contribution in [3.8, 4) is 0 Å². The summed E-state index contributed by atoms with van der Waals surface area (Å²) in [7, 11) is 5.33. The second-order valence-electron chi connectivity index (χ2n) is 34.0. The molecule has 0 spiro atoms. The van der Waals surface area contributed by atoms with Crippen LogP contribution in [0.25, 0.3) is 21.8 Å². The molecule has 718 valence electrons. The number of aromatic amines is 3. The molecule has 41 nitrogen and oxygen atoms in total. The van der Waals surface area contributed by atoms with Gasteiger partial charge in [-0.2, -0.15) is 0 Å². The van der Waals surface area contributed by atoms with Gasteiger partial charge in [0.1, 0.15) is 72.5 Å². The molecule has 2 aliphatic rings. The van der Waals surface area contributed by atoms with E-state index in [1.807, 2.05) is 13.8 Å². The Kier molecular flexibility index (Phi) is 40.3. The van der Waals surface area contributed by atoms with E-state index in [-0.39, 0.29) is 88.9 Å². The summed E-state index contributed by atoms with van der Waals surface area (Å²) in [6.45, 7) is 7.04. The summed E-state index contributed by atoms with van der Waals surface area (Å²) in [4.78, 5) is 254. The first-order valence-corrected chi connectivity index (χ1v) is 45.8. The average Bonchev–Trinajstić information content (AvgIpc) is 1.51. The minimum Gasteiger partial charge on any atom is -0.394 e. The second kappa shape index (κ2) is 51.0. The van der Waals surface area contributed by atoms with Crippen molar-refractivity contribution >= 4 is 134 Å². The Morgan fingerprint density at radius 2 is 1.15 bits per heavy atom.